The van der Waals surface area contributed by atoms with E-state index in [-0.39, 0.29) is 5.75 Å². The van der Waals surface area contributed by atoms with Crippen LogP contribution >= 0.6 is 0 Å². The van der Waals surface area contributed by atoms with Gasteiger partial charge in [0.15, 0.2) is 0 Å². The molecule has 0 spiro atoms. The van der Waals surface area contributed by atoms with E-state index in [9.17, 15) is 8.42 Å². The molecule has 0 amide bonds. The quantitative estimate of drug-likeness (QED) is 0.655. The van der Waals surface area contributed by atoms with Crippen LogP contribution in [-0.4, -0.2) is 32.2 Å². The van der Waals surface area contributed by atoms with Gasteiger partial charge in [0.1, 0.15) is 0 Å². The highest BCUT2D eigenvalue weighted by atomic mass is 32.2. The van der Waals surface area contributed by atoms with Gasteiger partial charge in [0.05, 0.1) is 23.3 Å². The maximum atomic E-state index is 11.3. The lowest BCUT2D eigenvalue weighted by molar-refractivity contribution is 0.584. The minimum atomic E-state index is -3.18. The molecule has 1 heterocycles. The minimum absolute atomic E-state index is 0.0165. The second kappa shape index (κ2) is 5.66. The number of nitrogens with zero attached hydrogens (tertiary/aromatic N) is 1. The summed E-state index contributed by atoms with van der Waals surface area (Å²) in [5.74, 6) is 0.0165. The number of anilines is 2. The molecule has 90 valence electrons. The van der Waals surface area contributed by atoms with E-state index in [1.54, 1.807) is 19.2 Å². The Morgan fingerprint density at radius 1 is 1.50 bits per heavy atom. The standard InChI is InChI=1S/C9H16N4O2S/c1-2-13-16(14,15)6-5-12-9-3-4-11-7-8(9)10/h3-4,7,13H,2,5-6,10H2,1H3,(H,11,12). The van der Waals surface area contributed by atoms with Gasteiger partial charge in [0.2, 0.25) is 10.0 Å². The van der Waals surface area contributed by atoms with Gasteiger partial charge < -0.3 is 11.1 Å². The Bertz CT molecular complexity index is 433. The first-order chi connectivity index (χ1) is 7.55. The summed E-state index contributed by atoms with van der Waals surface area (Å²) in [7, 11) is -3.18. The van der Waals surface area contributed by atoms with Crippen molar-refractivity contribution in [2.24, 2.45) is 0 Å². The van der Waals surface area contributed by atoms with Crippen LogP contribution in [0, 0.1) is 0 Å². The van der Waals surface area contributed by atoms with Crippen LogP contribution in [0.2, 0.25) is 0 Å². The Hall–Kier alpha value is -1.34. The zero-order chi connectivity index (χ0) is 12.0. The van der Waals surface area contributed by atoms with E-state index in [1.165, 1.54) is 6.20 Å². The van der Waals surface area contributed by atoms with Gasteiger partial charge in [-0.3, -0.25) is 4.98 Å². The Balaban J connectivity index is 2.45. The van der Waals surface area contributed by atoms with Crippen molar-refractivity contribution < 1.29 is 8.42 Å². The molecule has 1 aromatic rings. The van der Waals surface area contributed by atoms with Gasteiger partial charge in [0, 0.05) is 19.3 Å². The Morgan fingerprint density at radius 2 is 2.25 bits per heavy atom. The van der Waals surface area contributed by atoms with Gasteiger partial charge in [-0.05, 0) is 6.07 Å². The molecule has 0 saturated carbocycles. The van der Waals surface area contributed by atoms with Crippen LogP contribution in [0.5, 0.6) is 0 Å². The summed E-state index contributed by atoms with van der Waals surface area (Å²) in [4.78, 5) is 3.84. The molecule has 1 aromatic heterocycles. The van der Waals surface area contributed by atoms with Crippen molar-refractivity contribution in [3.05, 3.63) is 18.5 Å². The molecule has 1 rings (SSSR count). The molecular weight excluding hydrogens is 228 g/mol. The van der Waals surface area contributed by atoms with Crippen molar-refractivity contribution in [2.45, 2.75) is 6.92 Å². The molecule has 7 heteroatoms. The lowest BCUT2D eigenvalue weighted by atomic mass is 10.3. The first-order valence-corrected chi connectivity index (χ1v) is 6.61. The summed E-state index contributed by atoms with van der Waals surface area (Å²) in [6.45, 7) is 2.45. The molecule has 0 atom stereocenters. The number of sulfonamides is 1. The molecular formula is C9H16N4O2S. The molecule has 0 saturated heterocycles. The van der Waals surface area contributed by atoms with Crippen LogP contribution in [-0.2, 0) is 10.0 Å². The van der Waals surface area contributed by atoms with Gasteiger partial charge in [-0.15, -0.1) is 0 Å². The predicted octanol–water partition coefficient (Wildman–Crippen LogP) is 0.0150. The number of aromatic nitrogens is 1. The van der Waals surface area contributed by atoms with Crippen LogP contribution in [0.1, 0.15) is 6.92 Å². The highest BCUT2D eigenvalue weighted by molar-refractivity contribution is 7.89. The van der Waals surface area contributed by atoms with Gasteiger partial charge in [-0.2, -0.15) is 0 Å². The molecule has 0 radical (unpaired) electrons. The first kappa shape index (κ1) is 12.7. The molecule has 4 N–H and O–H groups in total. The summed E-state index contributed by atoms with van der Waals surface area (Å²) < 4.78 is 25.0. The van der Waals surface area contributed by atoms with Crippen molar-refractivity contribution in [3.8, 4) is 0 Å². The monoisotopic (exact) mass is 244 g/mol. The topological polar surface area (TPSA) is 97.1 Å². The van der Waals surface area contributed by atoms with E-state index in [0.717, 1.165) is 0 Å². The van der Waals surface area contributed by atoms with Crippen LogP contribution in [0.25, 0.3) is 0 Å². The number of nitrogens with one attached hydrogen (secondary N) is 2. The van der Waals surface area contributed by atoms with E-state index < -0.39 is 10.0 Å². The fourth-order valence-corrected chi connectivity index (χ4v) is 2.13. The number of hydrogen-bond donors (Lipinski definition) is 3. The average Bonchev–Trinajstić information content (AvgIpc) is 2.20. The normalized spacial score (nSPS) is 11.3. The van der Waals surface area contributed by atoms with Crippen molar-refractivity contribution in [3.63, 3.8) is 0 Å². The summed E-state index contributed by atoms with van der Waals surface area (Å²) in [6.07, 6.45) is 3.11. The SMILES string of the molecule is CCNS(=O)(=O)CCNc1ccncc1N. The van der Waals surface area contributed by atoms with E-state index in [2.05, 4.69) is 15.0 Å². The highest BCUT2D eigenvalue weighted by Crippen LogP contribution is 2.14. The fourth-order valence-electron chi connectivity index (χ4n) is 1.18. The van der Waals surface area contributed by atoms with Crippen LogP contribution < -0.4 is 15.8 Å². The van der Waals surface area contributed by atoms with E-state index >= 15 is 0 Å². The third-order valence-corrected chi connectivity index (χ3v) is 3.37. The van der Waals surface area contributed by atoms with Crippen LogP contribution in [0.4, 0.5) is 11.4 Å². The second-order valence-corrected chi connectivity index (χ2v) is 5.13. The first-order valence-electron chi connectivity index (χ1n) is 4.96. The average molecular weight is 244 g/mol. The van der Waals surface area contributed by atoms with Crippen LogP contribution in [0.15, 0.2) is 18.5 Å². The molecule has 0 fully saturated rings. The number of hydrogen-bond acceptors (Lipinski definition) is 5. The lowest BCUT2D eigenvalue weighted by Gasteiger charge is -2.09. The summed E-state index contributed by atoms with van der Waals surface area (Å²) in [5.41, 5.74) is 6.84. The zero-order valence-electron chi connectivity index (χ0n) is 9.10. The van der Waals surface area contributed by atoms with Crippen molar-refractivity contribution in [2.75, 3.05) is 29.9 Å². The smallest absolute Gasteiger partial charge is 0.213 e. The van der Waals surface area contributed by atoms with E-state index in [0.29, 0.717) is 24.5 Å². The number of nitrogens with two attached hydrogens (primary N) is 1. The third-order valence-electron chi connectivity index (χ3n) is 1.90. The molecule has 0 aliphatic heterocycles. The van der Waals surface area contributed by atoms with Gasteiger partial charge in [0.25, 0.3) is 0 Å². The molecule has 0 bridgehead atoms. The number of rotatable bonds is 6. The predicted molar refractivity (Wildman–Crippen MR) is 64.6 cm³/mol. The van der Waals surface area contributed by atoms with Gasteiger partial charge in [-0.25, -0.2) is 13.1 Å². The number of pyridine rings is 1. The van der Waals surface area contributed by atoms with Crippen LogP contribution in [0.3, 0.4) is 0 Å². The van der Waals surface area contributed by atoms with E-state index in [1.807, 2.05) is 0 Å². The highest BCUT2D eigenvalue weighted by Gasteiger charge is 2.07. The summed E-state index contributed by atoms with van der Waals surface area (Å²) >= 11 is 0. The molecule has 0 aromatic carbocycles. The minimum Gasteiger partial charge on any atom is -0.396 e. The van der Waals surface area contributed by atoms with Gasteiger partial charge >= 0.3 is 0 Å². The van der Waals surface area contributed by atoms with Gasteiger partial charge in [-0.1, -0.05) is 6.92 Å². The lowest BCUT2D eigenvalue weighted by Crippen LogP contribution is -2.29. The largest absolute Gasteiger partial charge is 0.396 e. The van der Waals surface area contributed by atoms with Crippen molar-refractivity contribution in [1.82, 2.24) is 9.71 Å². The molecule has 0 unspecified atom stereocenters. The Kier molecular flexibility index (Phi) is 4.51. The molecule has 16 heavy (non-hydrogen) atoms. The second-order valence-electron chi connectivity index (χ2n) is 3.21. The number of nitrogen functional groups attached to an aromatic ring is 1. The zero-order valence-corrected chi connectivity index (χ0v) is 9.92. The fraction of sp³-hybridized carbons (Fsp3) is 0.444. The Labute approximate surface area is 95.3 Å². The van der Waals surface area contributed by atoms with Crippen molar-refractivity contribution in [1.29, 1.82) is 0 Å². The maximum Gasteiger partial charge on any atom is 0.213 e. The summed E-state index contributed by atoms with van der Waals surface area (Å²) in [6, 6.07) is 1.70. The maximum absolute atomic E-state index is 11.3. The summed E-state index contributed by atoms with van der Waals surface area (Å²) in [5, 5.41) is 2.94. The molecule has 6 nitrogen and oxygen atoms in total. The third kappa shape index (κ3) is 4.03. The van der Waals surface area contributed by atoms with E-state index in [4.69, 9.17) is 5.73 Å². The Morgan fingerprint density at radius 3 is 2.88 bits per heavy atom. The molecule has 0 aliphatic carbocycles. The van der Waals surface area contributed by atoms with Crippen molar-refractivity contribution >= 4 is 21.4 Å². The molecule has 0 aliphatic rings.